The van der Waals surface area contributed by atoms with Crippen LogP contribution in [0.5, 0.6) is 0 Å². The van der Waals surface area contributed by atoms with E-state index < -0.39 is 6.17 Å². The lowest BCUT2D eigenvalue weighted by Gasteiger charge is -2.31. The third-order valence-electron chi connectivity index (χ3n) is 5.05. The second-order valence-corrected chi connectivity index (χ2v) is 8.40. The number of amides is 1. The van der Waals surface area contributed by atoms with Gasteiger partial charge in [-0.15, -0.1) is 0 Å². The Morgan fingerprint density at radius 2 is 1.93 bits per heavy atom. The molecule has 1 aliphatic rings. The number of aromatic amines is 1. The quantitative estimate of drug-likeness (QED) is 0.498. The molecular formula is C21H21ClN5O2S+. The van der Waals surface area contributed by atoms with Crippen molar-refractivity contribution < 1.29 is 9.48 Å². The highest BCUT2D eigenvalue weighted by molar-refractivity contribution is 7.98. The molecule has 30 heavy (non-hydrogen) atoms. The molecule has 0 spiro atoms. The highest BCUT2D eigenvalue weighted by atomic mass is 35.5. The van der Waals surface area contributed by atoms with Crippen LogP contribution in [0.1, 0.15) is 18.7 Å². The molecule has 1 N–H and O–H groups in total. The third kappa shape index (κ3) is 3.36. The monoisotopic (exact) mass is 442 g/mol. The van der Waals surface area contributed by atoms with E-state index in [0.29, 0.717) is 27.1 Å². The van der Waals surface area contributed by atoms with Crippen molar-refractivity contribution >= 4 is 40.6 Å². The van der Waals surface area contributed by atoms with Gasteiger partial charge in [0.05, 0.1) is 11.3 Å². The summed E-state index contributed by atoms with van der Waals surface area (Å²) in [7, 11) is 3.93. The normalized spacial score (nSPS) is 14.8. The third-order valence-corrected chi connectivity index (χ3v) is 5.86. The van der Waals surface area contributed by atoms with Crippen LogP contribution in [0.4, 0.5) is 11.4 Å². The molecule has 0 aliphatic carbocycles. The van der Waals surface area contributed by atoms with Crippen molar-refractivity contribution in [3.8, 4) is 11.3 Å². The van der Waals surface area contributed by atoms with Crippen molar-refractivity contribution in [1.82, 2.24) is 10.1 Å². The van der Waals surface area contributed by atoms with Crippen LogP contribution in [0.15, 0.2) is 52.4 Å². The molecule has 1 amide bonds. The molecule has 0 saturated carbocycles. The van der Waals surface area contributed by atoms with Gasteiger partial charge < -0.3 is 4.90 Å². The number of nitrogens with one attached hydrogen (secondary N) is 1. The predicted molar refractivity (Wildman–Crippen MR) is 119 cm³/mol. The molecule has 154 valence electrons. The highest BCUT2D eigenvalue weighted by Gasteiger charge is 2.45. The summed E-state index contributed by atoms with van der Waals surface area (Å²) >= 11 is 7.56. The summed E-state index contributed by atoms with van der Waals surface area (Å²) in [6.45, 7) is 1.51. The minimum Gasteiger partial charge on any atom is -0.378 e. The smallest absolute Gasteiger partial charge is 0.325 e. The van der Waals surface area contributed by atoms with E-state index in [4.69, 9.17) is 11.6 Å². The number of rotatable bonds is 3. The Kier molecular flexibility index (Phi) is 5.29. The Labute approximate surface area is 183 Å². The summed E-state index contributed by atoms with van der Waals surface area (Å²) in [5.41, 5.74) is 3.15. The van der Waals surface area contributed by atoms with Gasteiger partial charge in [0.2, 0.25) is 11.1 Å². The zero-order valence-electron chi connectivity index (χ0n) is 17.0. The van der Waals surface area contributed by atoms with E-state index in [1.54, 1.807) is 27.8 Å². The van der Waals surface area contributed by atoms with Gasteiger partial charge in [0, 0.05) is 42.4 Å². The Hall–Kier alpha value is -2.84. The second kappa shape index (κ2) is 7.77. The molecule has 3 aromatic rings. The first-order valence-electron chi connectivity index (χ1n) is 9.29. The van der Waals surface area contributed by atoms with Crippen LogP contribution >= 0.6 is 23.4 Å². The molecule has 4 rings (SSSR count). The van der Waals surface area contributed by atoms with Gasteiger partial charge >= 0.3 is 11.3 Å². The number of halogens is 1. The van der Waals surface area contributed by atoms with E-state index in [0.717, 1.165) is 11.3 Å². The van der Waals surface area contributed by atoms with Gasteiger partial charge in [-0.2, -0.15) is 0 Å². The van der Waals surface area contributed by atoms with Crippen LogP contribution in [0.3, 0.4) is 0 Å². The molecule has 0 bridgehead atoms. The summed E-state index contributed by atoms with van der Waals surface area (Å²) in [4.78, 5) is 32.3. The standard InChI is InChI=1S/C21H20ClN5O2S/c1-12(28)26-17-10-7-14(22)11-16(17)18-19(29)23-21(30-4)24-27(18)20(26)13-5-8-15(9-6-13)25(2)3/h5-11,20H,1-4H3/p+1/t20-/m0/s1. The van der Waals surface area contributed by atoms with E-state index in [1.165, 1.54) is 18.7 Å². The summed E-state index contributed by atoms with van der Waals surface area (Å²) < 4.78 is 1.62. The second-order valence-electron chi connectivity index (χ2n) is 7.17. The van der Waals surface area contributed by atoms with E-state index >= 15 is 0 Å². The van der Waals surface area contributed by atoms with E-state index in [2.05, 4.69) is 10.1 Å². The predicted octanol–water partition coefficient (Wildman–Crippen LogP) is 3.08. The molecular weight excluding hydrogens is 422 g/mol. The Morgan fingerprint density at radius 1 is 1.23 bits per heavy atom. The lowest BCUT2D eigenvalue weighted by Crippen LogP contribution is -2.60. The number of thioether (sulfide) groups is 1. The maximum atomic E-state index is 13.0. The molecule has 0 saturated heterocycles. The first-order chi connectivity index (χ1) is 14.3. The average Bonchev–Trinajstić information content (AvgIpc) is 2.72. The molecule has 0 unspecified atom stereocenters. The first-order valence-corrected chi connectivity index (χ1v) is 10.9. The SMILES string of the molecule is CSc1n[n+]2c(c(=O)[nH]1)-c1cc(Cl)ccc1N(C(C)=O)[C@@H]2c1ccc(N(C)C)cc1. The van der Waals surface area contributed by atoms with Crippen molar-refractivity contribution in [2.24, 2.45) is 0 Å². The number of anilines is 2. The Morgan fingerprint density at radius 3 is 2.53 bits per heavy atom. The maximum absolute atomic E-state index is 13.0. The molecule has 0 fully saturated rings. The molecule has 2 aromatic carbocycles. The van der Waals surface area contributed by atoms with Crippen LogP contribution in [0.25, 0.3) is 11.3 Å². The summed E-state index contributed by atoms with van der Waals surface area (Å²) in [5.74, 6) is -0.161. The largest absolute Gasteiger partial charge is 0.378 e. The van der Waals surface area contributed by atoms with Crippen molar-refractivity contribution in [1.29, 1.82) is 0 Å². The first kappa shape index (κ1) is 20.4. The van der Waals surface area contributed by atoms with Gasteiger partial charge in [-0.3, -0.25) is 14.6 Å². The zero-order chi connectivity index (χ0) is 21.6. The average molecular weight is 443 g/mol. The minimum absolute atomic E-state index is 0.161. The van der Waals surface area contributed by atoms with Gasteiger partial charge in [0.1, 0.15) is 0 Å². The number of hydrogen-bond donors (Lipinski definition) is 1. The van der Waals surface area contributed by atoms with Gasteiger partial charge in [-0.1, -0.05) is 23.4 Å². The van der Waals surface area contributed by atoms with Gasteiger partial charge in [-0.05, 0) is 53.4 Å². The minimum atomic E-state index is -0.601. The Balaban J connectivity index is 2.04. The van der Waals surface area contributed by atoms with E-state index in [-0.39, 0.29) is 11.5 Å². The fourth-order valence-corrected chi connectivity index (χ4v) is 4.21. The van der Waals surface area contributed by atoms with Crippen molar-refractivity contribution in [2.75, 3.05) is 30.2 Å². The van der Waals surface area contributed by atoms with Crippen LogP contribution in [0, 0.1) is 0 Å². The number of H-pyrrole nitrogens is 1. The number of aromatic nitrogens is 3. The summed E-state index contributed by atoms with van der Waals surface area (Å²) in [6.07, 6.45) is 1.23. The van der Waals surface area contributed by atoms with Gasteiger partial charge in [0.25, 0.3) is 6.17 Å². The molecule has 7 nitrogen and oxygen atoms in total. The number of benzene rings is 2. The number of nitrogens with zero attached hydrogens (tertiary/aromatic N) is 4. The summed E-state index contributed by atoms with van der Waals surface area (Å²) in [5, 5.41) is 5.59. The molecule has 1 aromatic heterocycles. The Bertz CT molecular complexity index is 1190. The zero-order valence-corrected chi connectivity index (χ0v) is 18.6. The molecule has 2 heterocycles. The summed E-state index contributed by atoms with van der Waals surface area (Å²) in [6, 6.07) is 13.0. The van der Waals surface area contributed by atoms with Crippen LogP contribution in [-0.2, 0) is 4.79 Å². The molecule has 9 heteroatoms. The lowest BCUT2D eigenvalue weighted by atomic mass is 10.0. The number of hydrogen-bond acceptors (Lipinski definition) is 5. The molecule has 1 atom stereocenters. The molecule has 1 aliphatic heterocycles. The van der Waals surface area contributed by atoms with Gasteiger partial charge in [0.15, 0.2) is 0 Å². The molecule has 0 radical (unpaired) electrons. The number of fused-ring (bicyclic) bond motifs is 3. The van der Waals surface area contributed by atoms with Crippen LogP contribution in [0.2, 0.25) is 5.02 Å². The highest BCUT2D eigenvalue weighted by Crippen LogP contribution is 2.39. The van der Waals surface area contributed by atoms with Crippen molar-refractivity contribution in [3.05, 3.63) is 63.4 Å². The van der Waals surface area contributed by atoms with Gasteiger partial charge in [-0.25, -0.2) is 4.90 Å². The van der Waals surface area contributed by atoms with E-state index in [1.807, 2.05) is 49.5 Å². The van der Waals surface area contributed by atoms with E-state index in [9.17, 15) is 9.59 Å². The van der Waals surface area contributed by atoms with Crippen molar-refractivity contribution in [3.63, 3.8) is 0 Å². The van der Waals surface area contributed by atoms with Crippen LogP contribution < -0.4 is 20.0 Å². The number of carbonyl (C=O) groups is 1. The van der Waals surface area contributed by atoms with Crippen molar-refractivity contribution in [2.45, 2.75) is 18.2 Å². The lowest BCUT2D eigenvalue weighted by molar-refractivity contribution is -0.763. The maximum Gasteiger partial charge on any atom is 0.325 e. The number of carbonyl (C=O) groups excluding carboxylic acids is 1. The topological polar surface area (TPSA) is 73.2 Å². The fourth-order valence-electron chi connectivity index (χ4n) is 3.67. The fraction of sp³-hybridized carbons (Fsp3) is 0.238. The van der Waals surface area contributed by atoms with Crippen LogP contribution in [-0.4, -0.2) is 36.3 Å².